The molecule has 4 heterocycles. The van der Waals surface area contributed by atoms with Crippen LogP contribution in [-0.2, 0) is 0 Å². The number of hydrogen-bond acceptors (Lipinski definition) is 6. The van der Waals surface area contributed by atoms with Crippen LogP contribution < -0.4 is 0 Å². The first-order valence-corrected chi connectivity index (χ1v) is 5.11. The summed E-state index contributed by atoms with van der Waals surface area (Å²) in [6.07, 6.45) is 9.70. The Morgan fingerprint density at radius 3 is 1.61 bits per heavy atom. The van der Waals surface area contributed by atoms with Crippen molar-refractivity contribution in [3.8, 4) is 0 Å². The molecule has 88 valence electrons. The summed E-state index contributed by atoms with van der Waals surface area (Å²) in [7, 11) is 0. The van der Waals surface area contributed by atoms with Gasteiger partial charge in [0.25, 0.3) is 0 Å². The van der Waals surface area contributed by atoms with Gasteiger partial charge in [0, 0.05) is 0 Å². The standard InChI is InChI=1S/2C5H4N4/c2*1-5-4(2-8-9-5)7-3-6-1/h2*1-3H,(H,8,9). The first kappa shape index (κ1) is 10.3. The Hall–Kier alpha value is -2.90. The topological polar surface area (TPSA) is 109 Å². The molecular formula is C10H8N8. The molecule has 0 saturated carbocycles. The first-order chi connectivity index (χ1) is 8.93. The minimum absolute atomic E-state index is 0.852. The van der Waals surface area contributed by atoms with Gasteiger partial charge in [-0.2, -0.15) is 10.2 Å². The monoisotopic (exact) mass is 240 g/mol. The molecule has 0 fully saturated rings. The molecule has 0 amide bonds. The minimum Gasteiger partial charge on any atom is -0.275 e. The van der Waals surface area contributed by atoms with E-state index in [0.717, 1.165) is 22.1 Å². The molecule has 0 saturated heterocycles. The second kappa shape index (κ2) is 4.53. The van der Waals surface area contributed by atoms with E-state index in [1.165, 1.54) is 12.7 Å². The lowest BCUT2D eigenvalue weighted by Gasteiger charge is -1.80. The quantitative estimate of drug-likeness (QED) is 0.468. The van der Waals surface area contributed by atoms with Gasteiger partial charge in [0.15, 0.2) is 0 Å². The zero-order valence-corrected chi connectivity index (χ0v) is 9.15. The highest BCUT2D eigenvalue weighted by atomic mass is 15.1. The maximum Gasteiger partial charge on any atom is 0.116 e. The molecule has 0 aliphatic carbocycles. The second-order valence-electron chi connectivity index (χ2n) is 3.38. The van der Waals surface area contributed by atoms with E-state index in [9.17, 15) is 0 Å². The summed E-state index contributed by atoms with van der Waals surface area (Å²) < 4.78 is 0. The van der Waals surface area contributed by atoms with Crippen LogP contribution in [0.3, 0.4) is 0 Å². The Kier molecular flexibility index (Phi) is 2.59. The zero-order chi connectivity index (χ0) is 12.2. The Morgan fingerprint density at radius 1 is 0.667 bits per heavy atom. The fraction of sp³-hybridized carbons (Fsp3) is 0. The van der Waals surface area contributed by atoms with E-state index in [0.29, 0.717) is 0 Å². The van der Waals surface area contributed by atoms with E-state index < -0.39 is 0 Å². The number of hydrogen-bond donors (Lipinski definition) is 2. The molecule has 8 heteroatoms. The molecule has 4 aromatic heterocycles. The van der Waals surface area contributed by atoms with Gasteiger partial charge in [-0.1, -0.05) is 0 Å². The predicted molar refractivity (Wildman–Crippen MR) is 63.4 cm³/mol. The highest BCUT2D eigenvalue weighted by molar-refractivity contribution is 5.71. The molecule has 0 spiro atoms. The molecule has 2 N–H and O–H groups in total. The average molecular weight is 240 g/mol. The normalized spacial score (nSPS) is 10.2. The van der Waals surface area contributed by atoms with E-state index in [1.54, 1.807) is 24.8 Å². The Labute approximate surface area is 101 Å². The van der Waals surface area contributed by atoms with E-state index in [-0.39, 0.29) is 0 Å². The van der Waals surface area contributed by atoms with Gasteiger partial charge in [0.1, 0.15) is 34.7 Å². The van der Waals surface area contributed by atoms with Crippen molar-refractivity contribution in [3.63, 3.8) is 0 Å². The van der Waals surface area contributed by atoms with Crippen molar-refractivity contribution in [2.75, 3.05) is 0 Å². The molecule has 8 nitrogen and oxygen atoms in total. The fourth-order valence-electron chi connectivity index (χ4n) is 1.38. The lowest BCUT2D eigenvalue weighted by Crippen LogP contribution is -1.74. The zero-order valence-electron chi connectivity index (χ0n) is 9.15. The molecule has 0 unspecified atom stereocenters. The highest BCUT2D eigenvalue weighted by Gasteiger charge is 1.91. The largest absolute Gasteiger partial charge is 0.275 e. The van der Waals surface area contributed by atoms with Gasteiger partial charge in [-0.15, -0.1) is 0 Å². The minimum atomic E-state index is 0.852. The van der Waals surface area contributed by atoms with Crippen molar-refractivity contribution < 1.29 is 0 Å². The van der Waals surface area contributed by atoms with Crippen LogP contribution in [0.4, 0.5) is 0 Å². The number of nitrogens with zero attached hydrogens (tertiary/aromatic N) is 6. The van der Waals surface area contributed by atoms with Gasteiger partial charge in [0.05, 0.1) is 24.8 Å². The van der Waals surface area contributed by atoms with Crippen molar-refractivity contribution in [1.29, 1.82) is 0 Å². The van der Waals surface area contributed by atoms with Crippen molar-refractivity contribution in [2.45, 2.75) is 0 Å². The summed E-state index contributed by atoms with van der Waals surface area (Å²) in [5, 5.41) is 13.0. The van der Waals surface area contributed by atoms with E-state index >= 15 is 0 Å². The number of aromatic nitrogens is 8. The van der Waals surface area contributed by atoms with E-state index in [2.05, 4.69) is 40.3 Å². The molecule has 4 rings (SSSR count). The third-order valence-corrected chi connectivity index (χ3v) is 2.23. The molecule has 4 aromatic rings. The third kappa shape index (κ3) is 1.98. The number of H-pyrrole nitrogens is 2. The molecule has 0 aliphatic heterocycles. The summed E-state index contributed by atoms with van der Waals surface area (Å²) in [6, 6.07) is 0. The number of rotatable bonds is 0. The summed E-state index contributed by atoms with van der Waals surface area (Å²) in [6.45, 7) is 0. The Bertz CT molecular complexity index is 632. The van der Waals surface area contributed by atoms with Crippen LogP contribution in [-0.4, -0.2) is 40.3 Å². The van der Waals surface area contributed by atoms with Gasteiger partial charge >= 0.3 is 0 Å². The van der Waals surface area contributed by atoms with E-state index in [4.69, 9.17) is 0 Å². The van der Waals surface area contributed by atoms with Gasteiger partial charge in [0.2, 0.25) is 0 Å². The Morgan fingerprint density at radius 2 is 1.17 bits per heavy atom. The van der Waals surface area contributed by atoms with Crippen LogP contribution >= 0.6 is 0 Å². The van der Waals surface area contributed by atoms with Crippen LogP contribution in [0.1, 0.15) is 0 Å². The maximum atomic E-state index is 3.94. The molecule has 0 atom stereocenters. The van der Waals surface area contributed by atoms with Crippen LogP contribution in [0.2, 0.25) is 0 Å². The SMILES string of the molecule is c1ncc2[nH]ncc2n1.c1ncc2[nH]ncc2n1. The molecule has 0 bridgehead atoms. The number of nitrogens with one attached hydrogen (secondary N) is 2. The summed E-state index contributed by atoms with van der Waals surface area (Å²) in [4.78, 5) is 15.5. The predicted octanol–water partition coefficient (Wildman–Crippen LogP) is 0.706. The van der Waals surface area contributed by atoms with Gasteiger partial charge in [-0.3, -0.25) is 10.2 Å². The van der Waals surface area contributed by atoms with Gasteiger partial charge in [-0.05, 0) is 0 Å². The van der Waals surface area contributed by atoms with Gasteiger partial charge < -0.3 is 0 Å². The molecular weight excluding hydrogens is 232 g/mol. The summed E-state index contributed by atoms with van der Waals surface area (Å²) >= 11 is 0. The third-order valence-electron chi connectivity index (χ3n) is 2.23. The highest BCUT2D eigenvalue weighted by Crippen LogP contribution is 2.01. The van der Waals surface area contributed by atoms with Crippen LogP contribution in [0.15, 0.2) is 37.4 Å². The molecule has 0 aliphatic rings. The van der Waals surface area contributed by atoms with Crippen molar-refractivity contribution in [2.24, 2.45) is 0 Å². The maximum absolute atomic E-state index is 3.94. The molecule has 18 heavy (non-hydrogen) atoms. The van der Waals surface area contributed by atoms with Crippen molar-refractivity contribution in [3.05, 3.63) is 37.4 Å². The lowest BCUT2D eigenvalue weighted by molar-refractivity contribution is 1.11. The second-order valence-corrected chi connectivity index (χ2v) is 3.38. The first-order valence-electron chi connectivity index (χ1n) is 5.11. The van der Waals surface area contributed by atoms with Crippen LogP contribution in [0, 0.1) is 0 Å². The van der Waals surface area contributed by atoms with Crippen molar-refractivity contribution in [1.82, 2.24) is 40.3 Å². The summed E-state index contributed by atoms with van der Waals surface area (Å²) in [5.74, 6) is 0. The smallest absolute Gasteiger partial charge is 0.116 e. The lowest BCUT2D eigenvalue weighted by atomic mass is 10.5. The van der Waals surface area contributed by atoms with Crippen LogP contribution in [0.5, 0.6) is 0 Å². The average Bonchev–Trinajstić information content (AvgIpc) is 3.08. The van der Waals surface area contributed by atoms with Crippen LogP contribution in [0.25, 0.3) is 22.1 Å². The molecule has 0 aromatic carbocycles. The van der Waals surface area contributed by atoms with E-state index in [1.807, 2.05) is 0 Å². The Balaban J connectivity index is 0.000000111. The summed E-state index contributed by atoms with van der Waals surface area (Å²) in [5.41, 5.74) is 3.45. The number of aromatic amines is 2. The van der Waals surface area contributed by atoms with Crippen molar-refractivity contribution >= 4 is 22.1 Å². The fourth-order valence-corrected chi connectivity index (χ4v) is 1.38. The molecule has 0 radical (unpaired) electrons. The number of fused-ring (bicyclic) bond motifs is 2. The van der Waals surface area contributed by atoms with Gasteiger partial charge in [-0.25, -0.2) is 19.9 Å².